The number of benzene rings is 2. The Kier molecular flexibility index (Phi) is 8.03. The van der Waals surface area contributed by atoms with Crippen LogP contribution in [-0.4, -0.2) is 36.1 Å². The second-order valence-electron chi connectivity index (χ2n) is 8.72. The van der Waals surface area contributed by atoms with Gasteiger partial charge in [0, 0.05) is 23.8 Å². The minimum atomic E-state index is 0. The number of para-hydroxylation sites is 1. The summed E-state index contributed by atoms with van der Waals surface area (Å²) in [5.41, 5.74) is 4.88. The Balaban J connectivity index is 0.00000240. The van der Waals surface area contributed by atoms with Gasteiger partial charge in [-0.3, -0.25) is 4.90 Å². The van der Waals surface area contributed by atoms with E-state index in [4.69, 9.17) is 0 Å². The topological polar surface area (TPSA) is 6.48 Å². The van der Waals surface area contributed by atoms with Crippen LogP contribution in [0.2, 0.25) is 0 Å². The molecule has 158 valence electrons. The lowest BCUT2D eigenvalue weighted by Gasteiger charge is -2.48. The van der Waals surface area contributed by atoms with E-state index in [1.807, 2.05) is 0 Å². The lowest BCUT2D eigenvalue weighted by atomic mass is 9.81. The molecule has 1 fully saturated rings. The van der Waals surface area contributed by atoms with Crippen molar-refractivity contribution in [3.05, 3.63) is 65.7 Å². The third-order valence-corrected chi connectivity index (χ3v) is 7.41. The fraction of sp³-hybridized carbons (Fsp3) is 0.538. The molecule has 0 N–H and O–H groups in total. The first kappa shape index (κ1) is 22.6. The maximum atomic E-state index is 2.78. The van der Waals surface area contributed by atoms with E-state index in [-0.39, 0.29) is 24.0 Å². The Bertz CT molecular complexity index is 737. The number of rotatable bonds is 7. The summed E-state index contributed by atoms with van der Waals surface area (Å²) in [5.74, 6) is 0. The molecule has 2 aliphatic rings. The summed E-state index contributed by atoms with van der Waals surface area (Å²) in [6.07, 6.45) is 9.04. The van der Waals surface area contributed by atoms with Gasteiger partial charge in [-0.15, -0.1) is 24.0 Å². The predicted octanol–water partition coefficient (Wildman–Crippen LogP) is 6.32. The highest BCUT2D eigenvalue weighted by Crippen LogP contribution is 2.36. The molecule has 0 aromatic heterocycles. The number of anilines is 1. The molecule has 0 spiro atoms. The number of likely N-dealkylation sites (tertiary alicyclic amines) is 1. The van der Waals surface area contributed by atoms with Crippen LogP contribution < -0.4 is 4.90 Å². The maximum absolute atomic E-state index is 2.78. The van der Waals surface area contributed by atoms with Gasteiger partial charge in [-0.1, -0.05) is 62.7 Å². The molecule has 0 bridgehead atoms. The van der Waals surface area contributed by atoms with Crippen molar-refractivity contribution in [3.63, 3.8) is 0 Å². The Morgan fingerprint density at radius 3 is 2.21 bits per heavy atom. The minimum Gasteiger partial charge on any atom is -0.368 e. The first-order valence-corrected chi connectivity index (χ1v) is 11.4. The van der Waals surface area contributed by atoms with Gasteiger partial charge >= 0.3 is 0 Å². The van der Waals surface area contributed by atoms with Gasteiger partial charge in [0.2, 0.25) is 0 Å². The van der Waals surface area contributed by atoms with Gasteiger partial charge in [-0.05, 0) is 74.9 Å². The third kappa shape index (κ3) is 4.82. The molecule has 2 aromatic carbocycles. The van der Waals surface area contributed by atoms with Gasteiger partial charge < -0.3 is 4.90 Å². The van der Waals surface area contributed by atoms with Gasteiger partial charge in [-0.25, -0.2) is 0 Å². The van der Waals surface area contributed by atoms with Gasteiger partial charge in [0.1, 0.15) is 0 Å². The Labute approximate surface area is 194 Å². The fourth-order valence-electron chi connectivity index (χ4n) is 5.73. The second kappa shape index (κ2) is 10.3. The Morgan fingerprint density at radius 1 is 0.931 bits per heavy atom. The number of hydrogen-bond acceptors (Lipinski definition) is 2. The van der Waals surface area contributed by atoms with Crippen molar-refractivity contribution in [3.8, 4) is 0 Å². The summed E-state index contributed by atoms with van der Waals surface area (Å²) in [7, 11) is 0. The Hall–Kier alpha value is -1.07. The van der Waals surface area contributed by atoms with Gasteiger partial charge in [0.05, 0.1) is 0 Å². The fourth-order valence-corrected chi connectivity index (χ4v) is 5.73. The van der Waals surface area contributed by atoms with E-state index in [1.54, 1.807) is 11.1 Å². The zero-order valence-corrected chi connectivity index (χ0v) is 20.5. The summed E-state index contributed by atoms with van der Waals surface area (Å²) < 4.78 is 0. The molecule has 1 atom stereocenters. The average molecular weight is 505 g/mol. The monoisotopic (exact) mass is 504 g/mol. The summed E-state index contributed by atoms with van der Waals surface area (Å²) in [5, 5.41) is 0. The average Bonchev–Trinajstić information content (AvgIpc) is 3.18. The molecule has 0 saturated carbocycles. The number of hydrogen-bond donors (Lipinski definition) is 0. The predicted molar refractivity (Wildman–Crippen MR) is 136 cm³/mol. The molecule has 1 aliphatic carbocycles. The standard InChI is InChI=1S/C26H36N2.HI/c1-3-26(16-10-11-18-27(26)4-2)17-19-28(24-14-6-5-7-15-24)25-20-22-12-8-9-13-23(22)21-25;/h5-9,12-15,25H,3-4,10-11,16-21H2,1-2H3;1H. The Morgan fingerprint density at radius 2 is 1.59 bits per heavy atom. The van der Waals surface area contributed by atoms with Crippen molar-refractivity contribution in [1.29, 1.82) is 0 Å². The van der Waals surface area contributed by atoms with E-state index in [0.717, 1.165) is 6.54 Å². The quantitative estimate of drug-likeness (QED) is 0.407. The highest BCUT2D eigenvalue weighted by atomic mass is 127. The molecule has 1 heterocycles. The molecule has 29 heavy (non-hydrogen) atoms. The second-order valence-corrected chi connectivity index (χ2v) is 8.72. The van der Waals surface area contributed by atoms with E-state index in [1.165, 1.54) is 63.7 Å². The van der Waals surface area contributed by atoms with E-state index in [2.05, 4.69) is 78.2 Å². The molecule has 2 aromatic rings. The molecule has 1 saturated heterocycles. The highest BCUT2D eigenvalue weighted by molar-refractivity contribution is 14.0. The molecular weight excluding hydrogens is 467 g/mol. The van der Waals surface area contributed by atoms with Crippen LogP contribution in [0.1, 0.15) is 57.1 Å². The van der Waals surface area contributed by atoms with Crippen LogP contribution in [0.3, 0.4) is 0 Å². The maximum Gasteiger partial charge on any atom is 0.0370 e. The number of fused-ring (bicyclic) bond motifs is 1. The SMILES string of the molecule is CCN1CCCCC1(CC)CCN(c1ccccc1)C1Cc2ccccc2C1.I. The van der Waals surface area contributed by atoms with Crippen molar-refractivity contribution in [2.45, 2.75) is 70.4 Å². The summed E-state index contributed by atoms with van der Waals surface area (Å²) >= 11 is 0. The van der Waals surface area contributed by atoms with Crippen molar-refractivity contribution in [1.82, 2.24) is 4.90 Å². The highest BCUT2D eigenvalue weighted by Gasteiger charge is 2.37. The van der Waals surface area contributed by atoms with Crippen LogP contribution in [0.4, 0.5) is 5.69 Å². The normalized spacial score (nSPS) is 22.1. The molecule has 1 unspecified atom stereocenters. The molecule has 0 amide bonds. The molecule has 0 radical (unpaired) electrons. The van der Waals surface area contributed by atoms with Crippen molar-refractivity contribution in [2.24, 2.45) is 0 Å². The summed E-state index contributed by atoms with van der Waals surface area (Å²) in [6, 6.07) is 20.8. The smallest absolute Gasteiger partial charge is 0.0370 e. The van der Waals surface area contributed by atoms with E-state index in [9.17, 15) is 0 Å². The van der Waals surface area contributed by atoms with Gasteiger partial charge in [0.25, 0.3) is 0 Å². The van der Waals surface area contributed by atoms with Crippen molar-refractivity contribution in [2.75, 3.05) is 24.5 Å². The van der Waals surface area contributed by atoms with E-state index in [0.29, 0.717) is 11.6 Å². The van der Waals surface area contributed by atoms with Crippen LogP contribution in [0.15, 0.2) is 54.6 Å². The van der Waals surface area contributed by atoms with Gasteiger partial charge in [0.15, 0.2) is 0 Å². The van der Waals surface area contributed by atoms with Crippen LogP contribution in [0, 0.1) is 0 Å². The lowest BCUT2D eigenvalue weighted by molar-refractivity contribution is 0.0412. The van der Waals surface area contributed by atoms with E-state index < -0.39 is 0 Å². The van der Waals surface area contributed by atoms with Crippen molar-refractivity contribution >= 4 is 29.7 Å². The first-order valence-electron chi connectivity index (χ1n) is 11.4. The largest absolute Gasteiger partial charge is 0.368 e. The van der Waals surface area contributed by atoms with Crippen LogP contribution in [-0.2, 0) is 12.8 Å². The number of nitrogens with zero attached hydrogens (tertiary/aromatic N) is 2. The number of piperidine rings is 1. The summed E-state index contributed by atoms with van der Waals surface area (Å²) in [6.45, 7) is 8.39. The molecular formula is C26H37IN2. The van der Waals surface area contributed by atoms with Crippen LogP contribution in [0.25, 0.3) is 0 Å². The molecule has 3 heteroatoms. The molecule has 2 nitrogen and oxygen atoms in total. The van der Waals surface area contributed by atoms with Crippen LogP contribution >= 0.6 is 24.0 Å². The molecule has 4 rings (SSSR count). The zero-order chi connectivity index (χ0) is 19.4. The minimum absolute atomic E-state index is 0. The van der Waals surface area contributed by atoms with Crippen molar-refractivity contribution < 1.29 is 0 Å². The lowest BCUT2D eigenvalue weighted by Crippen LogP contribution is -2.53. The van der Waals surface area contributed by atoms with Crippen LogP contribution in [0.5, 0.6) is 0 Å². The molecule has 1 aliphatic heterocycles. The first-order chi connectivity index (χ1) is 13.8. The third-order valence-electron chi connectivity index (χ3n) is 7.41. The summed E-state index contributed by atoms with van der Waals surface area (Å²) in [4.78, 5) is 5.50. The van der Waals surface area contributed by atoms with Gasteiger partial charge in [-0.2, -0.15) is 0 Å². The van der Waals surface area contributed by atoms with E-state index >= 15 is 0 Å². The number of halogens is 1. The zero-order valence-electron chi connectivity index (χ0n) is 18.1.